The number of sulfone groups is 1. The molecule has 1 amide bonds. The molecule has 0 spiro atoms. The van der Waals surface area contributed by atoms with Gasteiger partial charge in [0.05, 0.1) is 22.8 Å². The standard InChI is InChI=1S/C10H10F3NO5S/c11-10(12,13)7-1-3-8(4-2-7)20(17,18)6-5-19-14-9(15)16/h1-4,14H,5-6H2,(H,15,16). The summed E-state index contributed by atoms with van der Waals surface area (Å²) in [6, 6.07) is 2.98. The van der Waals surface area contributed by atoms with Crippen molar-refractivity contribution < 1.29 is 36.3 Å². The van der Waals surface area contributed by atoms with Crippen molar-refractivity contribution in [3.8, 4) is 0 Å². The van der Waals surface area contributed by atoms with Crippen molar-refractivity contribution in [2.75, 3.05) is 12.4 Å². The molecule has 0 aromatic heterocycles. The van der Waals surface area contributed by atoms with Gasteiger partial charge in [-0.05, 0) is 24.3 Å². The SMILES string of the molecule is O=C(O)NOCCS(=O)(=O)c1ccc(C(F)(F)F)cc1. The average molecular weight is 313 g/mol. The number of carbonyl (C=O) groups is 1. The molecular formula is C10H10F3NO5S. The zero-order chi connectivity index (χ0) is 15.4. The first kappa shape index (κ1) is 16.2. The normalized spacial score (nSPS) is 12.2. The summed E-state index contributed by atoms with van der Waals surface area (Å²) in [5, 5.41) is 8.17. The van der Waals surface area contributed by atoms with Crippen molar-refractivity contribution in [1.29, 1.82) is 0 Å². The molecule has 1 aromatic rings. The average Bonchev–Trinajstić information content (AvgIpc) is 2.34. The van der Waals surface area contributed by atoms with Crippen LogP contribution in [0.1, 0.15) is 5.56 Å². The van der Waals surface area contributed by atoms with Crippen molar-refractivity contribution in [3.63, 3.8) is 0 Å². The van der Waals surface area contributed by atoms with Crippen molar-refractivity contribution in [2.45, 2.75) is 11.1 Å². The lowest BCUT2D eigenvalue weighted by Gasteiger charge is -2.08. The van der Waals surface area contributed by atoms with E-state index in [9.17, 15) is 26.4 Å². The minimum atomic E-state index is -4.54. The Morgan fingerprint density at radius 2 is 1.80 bits per heavy atom. The van der Waals surface area contributed by atoms with Crippen molar-refractivity contribution >= 4 is 15.9 Å². The van der Waals surface area contributed by atoms with E-state index in [0.29, 0.717) is 12.1 Å². The van der Waals surface area contributed by atoms with Crippen molar-refractivity contribution in [1.82, 2.24) is 5.48 Å². The molecule has 0 heterocycles. The van der Waals surface area contributed by atoms with Gasteiger partial charge in [-0.3, -0.25) is 4.84 Å². The van der Waals surface area contributed by atoms with E-state index in [1.54, 1.807) is 0 Å². The molecule has 0 saturated heterocycles. The number of hydroxylamine groups is 1. The molecule has 6 nitrogen and oxygen atoms in total. The van der Waals surface area contributed by atoms with Crippen LogP contribution in [0.25, 0.3) is 0 Å². The van der Waals surface area contributed by atoms with Crippen LogP contribution in [0.15, 0.2) is 29.2 Å². The second kappa shape index (κ2) is 6.09. The maximum absolute atomic E-state index is 12.3. The zero-order valence-corrected chi connectivity index (χ0v) is 10.7. The number of benzene rings is 1. The molecule has 20 heavy (non-hydrogen) atoms. The molecule has 0 radical (unpaired) electrons. The summed E-state index contributed by atoms with van der Waals surface area (Å²) >= 11 is 0. The number of halogens is 3. The van der Waals surface area contributed by atoms with Gasteiger partial charge in [0.25, 0.3) is 0 Å². The molecule has 0 bridgehead atoms. The van der Waals surface area contributed by atoms with Gasteiger partial charge in [0.2, 0.25) is 0 Å². The van der Waals surface area contributed by atoms with E-state index in [1.165, 1.54) is 5.48 Å². The highest BCUT2D eigenvalue weighted by Gasteiger charge is 2.30. The molecule has 0 aliphatic rings. The Kier molecular flexibility index (Phi) is 4.95. The maximum Gasteiger partial charge on any atom is 0.428 e. The Morgan fingerprint density at radius 1 is 1.25 bits per heavy atom. The van der Waals surface area contributed by atoms with Crippen LogP contribution in [0.4, 0.5) is 18.0 Å². The molecule has 0 aliphatic carbocycles. The predicted molar refractivity (Wildman–Crippen MR) is 60.6 cm³/mol. The van der Waals surface area contributed by atoms with Gasteiger partial charge in [-0.25, -0.2) is 13.2 Å². The number of rotatable bonds is 5. The Balaban J connectivity index is 2.71. The monoisotopic (exact) mass is 313 g/mol. The number of hydrogen-bond acceptors (Lipinski definition) is 4. The van der Waals surface area contributed by atoms with Crippen molar-refractivity contribution in [2.24, 2.45) is 0 Å². The van der Waals surface area contributed by atoms with Crippen molar-refractivity contribution in [3.05, 3.63) is 29.8 Å². The van der Waals surface area contributed by atoms with Crippen LogP contribution in [0, 0.1) is 0 Å². The van der Waals surface area contributed by atoms with Crippen LogP contribution < -0.4 is 5.48 Å². The largest absolute Gasteiger partial charge is 0.464 e. The third-order valence-corrected chi connectivity index (χ3v) is 3.85. The first-order valence-corrected chi connectivity index (χ1v) is 6.79. The third kappa shape index (κ3) is 4.70. The Morgan fingerprint density at radius 3 is 2.25 bits per heavy atom. The van der Waals surface area contributed by atoms with E-state index >= 15 is 0 Å². The van der Waals surface area contributed by atoms with E-state index in [0.717, 1.165) is 12.1 Å². The van der Waals surface area contributed by atoms with Gasteiger partial charge in [0, 0.05) is 0 Å². The lowest BCUT2D eigenvalue weighted by atomic mass is 10.2. The topological polar surface area (TPSA) is 92.7 Å². The quantitative estimate of drug-likeness (QED) is 0.637. The van der Waals surface area contributed by atoms with Crippen LogP contribution in [0.2, 0.25) is 0 Å². The van der Waals surface area contributed by atoms with Crippen LogP contribution >= 0.6 is 0 Å². The first-order valence-electron chi connectivity index (χ1n) is 5.13. The highest BCUT2D eigenvalue weighted by molar-refractivity contribution is 7.91. The summed E-state index contributed by atoms with van der Waals surface area (Å²) < 4.78 is 60.3. The molecule has 0 fully saturated rings. The smallest absolute Gasteiger partial charge is 0.428 e. The number of carboxylic acid groups (broad SMARTS) is 1. The molecule has 0 saturated carbocycles. The summed E-state index contributed by atoms with van der Waals surface area (Å²) in [7, 11) is -3.85. The van der Waals surface area contributed by atoms with Crippen LogP contribution in [0.3, 0.4) is 0 Å². The molecule has 2 N–H and O–H groups in total. The molecule has 0 unspecified atom stereocenters. The van der Waals surface area contributed by atoms with Crippen LogP contribution in [-0.4, -0.2) is 32.0 Å². The van der Waals surface area contributed by atoms with Gasteiger partial charge in [0.1, 0.15) is 0 Å². The molecule has 10 heteroatoms. The fourth-order valence-corrected chi connectivity index (χ4v) is 2.32. The van der Waals surface area contributed by atoms with Gasteiger partial charge in [-0.1, -0.05) is 0 Å². The fourth-order valence-electron chi connectivity index (χ4n) is 1.23. The second-order valence-electron chi connectivity index (χ2n) is 3.60. The van der Waals surface area contributed by atoms with E-state index in [1.807, 2.05) is 0 Å². The summed E-state index contributed by atoms with van der Waals surface area (Å²) in [5.41, 5.74) is 0.544. The van der Waals surface area contributed by atoms with Gasteiger partial charge in [-0.15, -0.1) is 0 Å². The fraction of sp³-hybridized carbons (Fsp3) is 0.300. The number of amides is 1. The van der Waals surface area contributed by atoms with Gasteiger partial charge in [-0.2, -0.15) is 18.7 Å². The summed E-state index contributed by atoms with van der Waals surface area (Å²) in [6.07, 6.45) is -6.03. The Hall–Kier alpha value is -1.81. The van der Waals surface area contributed by atoms with Crippen LogP contribution in [0.5, 0.6) is 0 Å². The number of alkyl halides is 3. The highest BCUT2D eigenvalue weighted by Crippen LogP contribution is 2.29. The molecule has 0 atom stereocenters. The predicted octanol–water partition coefficient (Wildman–Crippen LogP) is 1.68. The third-order valence-electron chi connectivity index (χ3n) is 2.15. The van der Waals surface area contributed by atoms with E-state index in [2.05, 4.69) is 4.84 Å². The van der Waals surface area contributed by atoms with E-state index in [4.69, 9.17) is 5.11 Å². The number of hydrogen-bond donors (Lipinski definition) is 2. The molecule has 112 valence electrons. The Labute approximate surface area is 112 Å². The molecular weight excluding hydrogens is 303 g/mol. The first-order chi connectivity index (χ1) is 9.13. The molecule has 1 rings (SSSR count). The Bertz CT molecular complexity index is 568. The highest BCUT2D eigenvalue weighted by atomic mass is 32.2. The van der Waals surface area contributed by atoms with Gasteiger partial charge < -0.3 is 5.11 Å². The minimum absolute atomic E-state index is 0.301. The number of nitrogens with one attached hydrogen (secondary N) is 1. The van der Waals surface area contributed by atoms with E-state index in [-0.39, 0.29) is 4.90 Å². The molecule has 1 aromatic carbocycles. The summed E-state index contributed by atoms with van der Waals surface area (Å²) in [5.74, 6) is -0.571. The minimum Gasteiger partial charge on any atom is -0.464 e. The lowest BCUT2D eigenvalue weighted by Crippen LogP contribution is -2.24. The second-order valence-corrected chi connectivity index (χ2v) is 5.71. The lowest BCUT2D eigenvalue weighted by molar-refractivity contribution is -0.137. The molecule has 0 aliphatic heterocycles. The van der Waals surface area contributed by atoms with Gasteiger partial charge in [0.15, 0.2) is 9.84 Å². The summed E-state index contributed by atoms with van der Waals surface area (Å²) in [6.45, 7) is -0.463. The van der Waals surface area contributed by atoms with E-state index < -0.39 is 40.0 Å². The van der Waals surface area contributed by atoms with Gasteiger partial charge >= 0.3 is 12.3 Å². The maximum atomic E-state index is 12.3. The summed E-state index contributed by atoms with van der Waals surface area (Å²) in [4.78, 5) is 14.1. The zero-order valence-electron chi connectivity index (χ0n) is 9.85. The van der Waals surface area contributed by atoms with Crippen LogP contribution in [-0.2, 0) is 20.9 Å².